The maximum Gasteiger partial charge on any atom is 4.00 e. The van der Waals surface area contributed by atoms with E-state index in [1.807, 2.05) is 0 Å². The SMILES string of the molecule is Cc1cccc([Si]Cc2cc3c([c-]2C)CCCC3)c1C.[CH3-].[CH3-].[CH3-].[Ti+4]. The van der Waals surface area contributed by atoms with Crippen LogP contribution in [0.3, 0.4) is 0 Å². The van der Waals surface area contributed by atoms with E-state index in [9.17, 15) is 0 Å². The van der Waals surface area contributed by atoms with Gasteiger partial charge in [-0.05, 0) is 25.0 Å². The molecule has 128 valence electrons. The Bertz CT molecular complexity index is 625. The molecular formula is C22H32SiTi. The number of rotatable bonds is 3. The molecular weight excluding hydrogens is 340 g/mol. The van der Waals surface area contributed by atoms with Gasteiger partial charge in [0.2, 0.25) is 0 Å². The fourth-order valence-corrected chi connectivity index (χ4v) is 4.77. The van der Waals surface area contributed by atoms with Gasteiger partial charge in [-0.2, -0.15) is 22.3 Å². The Morgan fingerprint density at radius 1 is 1.04 bits per heavy atom. The molecule has 2 radical (unpaired) electrons. The van der Waals surface area contributed by atoms with Crippen LogP contribution in [0.5, 0.6) is 0 Å². The van der Waals surface area contributed by atoms with Crippen molar-refractivity contribution in [1.29, 1.82) is 0 Å². The first kappa shape index (κ1) is 25.7. The Kier molecular flexibility index (Phi) is 12.0. The molecule has 0 amide bonds. The monoisotopic (exact) mass is 372 g/mol. The van der Waals surface area contributed by atoms with Crippen LogP contribution in [0, 0.1) is 43.1 Å². The van der Waals surface area contributed by atoms with Crippen LogP contribution in [0.1, 0.15) is 46.2 Å². The minimum atomic E-state index is 0. The van der Waals surface area contributed by atoms with Crippen LogP contribution in [0.4, 0.5) is 0 Å². The Morgan fingerprint density at radius 3 is 2.38 bits per heavy atom. The zero-order valence-electron chi connectivity index (χ0n) is 16.3. The molecule has 0 aliphatic heterocycles. The summed E-state index contributed by atoms with van der Waals surface area (Å²) in [6.45, 7) is 6.82. The molecule has 0 unspecified atom stereocenters. The maximum absolute atomic E-state index is 2.50. The predicted octanol–water partition coefficient (Wildman–Crippen LogP) is 5.09. The minimum absolute atomic E-state index is 0. The molecule has 0 fully saturated rings. The smallest absolute Gasteiger partial charge is 0.358 e. The van der Waals surface area contributed by atoms with E-state index in [-0.39, 0.29) is 44.0 Å². The molecule has 24 heavy (non-hydrogen) atoms. The number of fused-ring (bicyclic) bond motifs is 1. The van der Waals surface area contributed by atoms with Gasteiger partial charge >= 0.3 is 21.7 Å². The van der Waals surface area contributed by atoms with E-state index in [0.717, 1.165) is 9.52 Å². The molecule has 0 heterocycles. The molecule has 0 nitrogen and oxygen atoms in total. The number of hydrogen-bond donors (Lipinski definition) is 0. The van der Waals surface area contributed by atoms with Gasteiger partial charge in [-0.15, -0.1) is 0 Å². The number of aryl methyl sites for hydroxylation is 2. The van der Waals surface area contributed by atoms with E-state index in [1.54, 1.807) is 27.4 Å². The van der Waals surface area contributed by atoms with Crippen LogP contribution in [0.2, 0.25) is 0 Å². The van der Waals surface area contributed by atoms with E-state index >= 15 is 0 Å². The van der Waals surface area contributed by atoms with Crippen molar-refractivity contribution < 1.29 is 21.7 Å². The van der Waals surface area contributed by atoms with Crippen molar-refractivity contribution in [2.24, 2.45) is 0 Å². The molecule has 1 aliphatic carbocycles. The molecule has 0 N–H and O–H groups in total. The average molecular weight is 372 g/mol. The second-order valence-corrected chi connectivity index (χ2v) is 7.35. The van der Waals surface area contributed by atoms with Crippen LogP contribution < -0.4 is 5.19 Å². The summed E-state index contributed by atoms with van der Waals surface area (Å²) in [6.07, 6.45) is 5.39. The molecule has 0 atom stereocenters. The fraction of sp³-hybridized carbons (Fsp3) is 0.364. The zero-order valence-corrected chi connectivity index (χ0v) is 18.9. The molecule has 0 bridgehead atoms. The van der Waals surface area contributed by atoms with Crippen molar-refractivity contribution in [3.05, 3.63) is 79.9 Å². The zero-order chi connectivity index (χ0) is 14.1. The molecule has 1 aliphatic rings. The second kappa shape index (κ2) is 11.2. The maximum atomic E-state index is 2.50. The van der Waals surface area contributed by atoms with Crippen LogP contribution in [-0.2, 0) is 40.6 Å². The first-order valence-electron chi connectivity index (χ1n) is 7.74. The standard InChI is InChI=1S/C19H23Si.3CH3.Ti/c1-13-7-6-10-19(14(13)2)20-12-17-11-16-8-4-5-9-18(16)15(17)3;;;;/h6-7,10-11H,4-5,8-9,12H2,1-3H3;3*1H3;/q4*-1;+4. The number of benzene rings is 1. The minimum Gasteiger partial charge on any atom is -0.358 e. The van der Waals surface area contributed by atoms with E-state index in [1.165, 1.54) is 42.9 Å². The van der Waals surface area contributed by atoms with Gasteiger partial charge in [0.15, 0.2) is 0 Å². The van der Waals surface area contributed by atoms with Gasteiger partial charge in [0.05, 0.1) is 9.52 Å². The summed E-state index contributed by atoms with van der Waals surface area (Å²) in [5, 5.41) is 1.54. The summed E-state index contributed by atoms with van der Waals surface area (Å²) in [4.78, 5) is 0. The Balaban J connectivity index is 0. The quantitative estimate of drug-likeness (QED) is 0.520. The normalized spacial score (nSPS) is 12.0. The molecule has 3 rings (SSSR count). The van der Waals surface area contributed by atoms with Crippen molar-refractivity contribution >= 4 is 14.7 Å². The van der Waals surface area contributed by atoms with Gasteiger partial charge in [-0.25, -0.2) is 6.07 Å². The van der Waals surface area contributed by atoms with E-state index in [4.69, 9.17) is 0 Å². The van der Waals surface area contributed by atoms with Crippen molar-refractivity contribution in [3.63, 3.8) is 0 Å². The Hall–Kier alpha value is -0.499. The van der Waals surface area contributed by atoms with E-state index < -0.39 is 0 Å². The van der Waals surface area contributed by atoms with Gasteiger partial charge in [0, 0.05) is 0 Å². The summed E-state index contributed by atoms with van der Waals surface area (Å²) in [5.41, 5.74) is 9.44. The van der Waals surface area contributed by atoms with Crippen molar-refractivity contribution in [1.82, 2.24) is 0 Å². The van der Waals surface area contributed by atoms with Gasteiger partial charge < -0.3 is 22.3 Å². The van der Waals surface area contributed by atoms with Crippen LogP contribution in [0.25, 0.3) is 0 Å². The summed E-state index contributed by atoms with van der Waals surface area (Å²) < 4.78 is 0. The molecule has 2 heteroatoms. The van der Waals surface area contributed by atoms with E-state index in [2.05, 4.69) is 45.0 Å². The topological polar surface area (TPSA) is 0 Å². The van der Waals surface area contributed by atoms with E-state index in [0.29, 0.717) is 0 Å². The summed E-state index contributed by atoms with van der Waals surface area (Å²) in [7, 11) is 0.906. The summed E-state index contributed by atoms with van der Waals surface area (Å²) in [6, 6.07) is 10.5. The third-order valence-corrected chi connectivity index (χ3v) is 6.35. The molecule has 0 saturated heterocycles. The molecule has 0 aromatic heterocycles. The predicted molar refractivity (Wildman–Crippen MR) is 108 cm³/mol. The first-order valence-corrected chi connectivity index (χ1v) is 8.94. The number of hydrogen-bond acceptors (Lipinski definition) is 0. The van der Waals surface area contributed by atoms with Crippen LogP contribution in [-0.4, -0.2) is 9.52 Å². The fourth-order valence-electron chi connectivity index (χ4n) is 3.35. The van der Waals surface area contributed by atoms with Gasteiger partial charge in [0.1, 0.15) is 0 Å². The first-order chi connectivity index (χ1) is 9.66. The second-order valence-electron chi connectivity index (χ2n) is 6.11. The Morgan fingerprint density at radius 2 is 1.71 bits per heavy atom. The molecule has 2 aromatic rings. The molecule has 0 saturated carbocycles. The third-order valence-electron chi connectivity index (χ3n) is 4.87. The Labute approximate surface area is 168 Å². The summed E-state index contributed by atoms with van der Waals surface area (Å²) in [5.74, 6) is 0. The molecule has 2 aromatic carbocycles. The molecule has 0 spiro atoms. The van der Waals surface area contributed by atoms with Crippen molar-refractivity contribution in [2.75, 3.05) is 0 Å². The van der Waals surface area contributed by atoms with Crippen LogP contribution in [0.15, 0.2) is 24.3 Å². The third kappa shape index (κ3) is 5.25. The van der Waals surface area contributed by atoms with Gasteiger partial charge in [-0.3, -0.25) is 0 Å². The van der Waals surface area contributed by atoms with Gasteiger partial charge in [0.25, 0.3) is 0 Å². The summed E-state index contributed by atoms with van der Waals surface area (Å²) >= 11 is 0. The largest absolute Gasteiger partial charge is 4.00 e. The van der Waals surface area contributed by atoms with Crippen molar-refractivity contribution in [2.45, 2.75) is 52.5 Å². The van der Waals surface area contributed by atoms with Crippen LogP contribution >= 0.6 is 0 Å². The van der Waals surface area contributed by atoms with Gasteiger partial charge in [-0.1, -0.05) is 62.0 Å². The average Bonchev–Trinajstić information content (AvgIpc) is 2.78. The van der Waals surface area contributed by atoms with Crippen molar-refractivity contribution in [3.8, 4) is 0 Å².